The summed E-state index contributed by atoms with van der Waals surface area (Å²) < 4.78 is 21.4. The highest BCUT2D eigenvalue weighted by Gasteiger charge is 2.23. The molecule has 2 aromatic rings. The second kappa shape index (κ2) is 5.18. The van der Waals surface area contributed by atoms with Gasteiger partial charge in [-0.3, -0.25) is 0 Å². The Bertz CT molecular complexity index is 686. The van der Waals surface area contributed by atoms with Gasteiger partial charge >= 0.3 is 0 Å². The number of benzene rings is 1. The van der Waals surface area contributed by atoms with Gasteiger partial charge in [-0.2, -0.15) is 0 Å². The molecule has 1 saturated carbocycles. The number of hydrogen-bond donors (Lipinski definition) is 2. The van der Waals surface area contributed by atoms with E-state index in [1.54, 1.807) is 6.07 Å². The molecule has 1 fully saturated rings. The number of methoxy groups -OCH3 is 1. The minimum atomic E-state index is -0.400. The quantitative estimate of drug-likeness (QED) is 0.836. The molecule has 0 radical (unpaired) electrons. The number of imidazole rings is 1. The molecular weight excluding hydrogens is 279 g/mol. The van der Waals surface area contributed by atoms with E-state index >= 15 is 0 Å². The fourth-order valence-electron chi connectivity index (χ4n) is 2.96. The number of aliphatic hydroxyl groups is 1. The molecule has 6 heteroatoms. The minimum Gasteiger partial charge on any atom is -0.494 e. The van der Waals surface area contributed by atoms with E-state index < -0.39 is 5.82 Å². The zero-order chi connectivity index (χ0) is 14.3. The SMILES string of the molecule is COc1cc2c(cc1F)[nH]c(=S)n2C1CCC(O)CC1. The molecule has 0 amide bonds. The highest BCUT2D eigenvalue weighted by molar-refractivity contribution is 7.71. The summed E-state index contributed by atoms with van der Waals surface area (Å²) in [6.45, 7) is 0. The van der Waals surface area contributed by atoms with Crippen LogP contribution in [0, 0.1) is 10.6 Å². The molecule has 1 aromatic carbocycles. The summed E-state index contributed by atoms with van der Waals surface area (Å²) in [5, 5.41) is 9.61. The average molecular weight is 296 g/mol. The lowest BCUT2D eigenvalue weighted by Crippen LogP contribution is -2.21. The Hall–Kier alpha value is -1.40. The van der Waals surface area contributed by atoms with E-state index in [0.29, 0.717) is 10.3 Å². The van der Waals surface area contributed by atoms with Crippen LogP contribution >= 0.6 is 12.2 Å². The Labute approximate surface area is 121 Å². The molecule has 0 atom stereocenters. The summed E-state index contributed by atoms with van der Waals surface area (Å²) >= 11 is 5.37. The zero-order valence-electron chi connectivity index (χ0n) is 11.2. The van der Waals surface area contributed by atoms with Gasteiger partial charge in [-0.25, -0.2) is 4.39 Å². The van der Waals surface area contributed by atoms with Crippen LogP contribution in [0.3, 0.4) is 0 Å². The van der Waals surface area contributed by atoms with Crippen LogP contribution < -0.4 is 4.74 Å². The van der Waals surface area contributed by atoms with E-state index in [1.807, 2.05) is 4.57 Å². The van der Waals surface area contributed by atoms with Gasteiger partial charge in [0.25, 0.3) is 0 Å². The van der Waals surface area contributed by atoms with Crippen molar-refractivity contribution in [3.05, 3.63) is 22.7 Å². The van der Waals surface area contributed by atoms with Gasteiger partial charge in [0, 0.05) is 18.2 Å². The van der Waals surface area contributed by atoms with Crippen molar-refractivity contribution in [2.24, 2.45) is 0 Å². The van der Waals surface area contributed by atoms with Gasteiger partial charge < -0.3 is 19.4 Å². The highest BCUT2D eigenvalue weighted by atomic mass is 32.1. The number of fused-ring (bicyclic) bond motifs is 1. The number of nitrogens with one attached hydrogen (secondary N) is 1. The number of nitrogens with zero attached hydrogens (tertiary/aromatic N) is 1. The van der Waals surface area contributed by atoms with Gasteiger partial charge in [-0.05, 0) is 37.9 Å². The molecule has 0 unspecified atom stereocenters. The number of aromatic nitrogens is 2. The second-order valence-electron chi connectivity index (χ2n) is 5.27. The van der Waals surface area contributed by atoms with E-state index in [4.69, 9.17) is 17.0 Å². The third-order valence-electron chi connectivity index (χ3n) is 4.02. The maximum atomic E-state index is 13.7. The predicted molar refractivity (Wildman–Crippen MR) is 77.1 cm³/mol. The van der Waals surface area contributed by atoms with Gasteiger partial charge in [0.1, 0.15) is 0 Å². The van der Waals surface area contributed by atoms with Crippen molar-refractivity contribution in [1.82, 2.24) is 9.55 Å². The van der Waals surface area contributed by atoms with Gasteiger partial charge in [-0.1, -0.05) is 0 Å². The van der Waals surface area contributed by atoms with Crippen molar-refractivity contribution >= 4 is 23.3 Å². The fourth-order valence-corrected chi connectivity index (χ4v) is 3.32. The number of aliphatic hydroxyl groups excluding tert-OH is 1. The molecule has 1 aliphatic carbocycles. The topological polar surface area (TPSA) is 50.2 Å². The molecule has 0 bridgehead atoms. The summed E-state index contributed by atoms with van der Waals surface area (Å²) in [6, 6.07) is 3.34. The Morgan fingerprint density at radius 2 is 2.05 bits per heavy atom. The van der Waals surface area contributed by atoms with Crippen LogP contribution in [0.25, 0.3) is 11.0 Å². The van der Waals surface area contributed by atoms with Crippen LogP contribution in [-0.4, -0.2) is 27.9 Å². The Kier molecular flexibility index (Phi) is 3.52. The molecule has 0 spiro atoms. The lowest BCUT2D eigenvalue weighted by Gasteiger charge is -2.27. The molecule has 1 aliphatic rings. The maximum Gasteiger partial charge on any atom is 0.178 e. The maximum absolute atomic E-state index is 13.7. The van der Waals surface area contributed by atoms with Crippen LogP contribution in [0.15, 0.2) is 12.1 Å². The van der Waals surface area contributed by atoms with Crippen molar-refractivity contribution in [2.75, 3.05) is 7.11 Å². The molecule has 20 heavy (non-hydrogen) atoms. The van der Waals surface area contributed by atoms with Gasteiger partial charge in [0.15, 0.2) is 16.3 Å². The van der Waals surface area contributed by atoms with Crippen LogP contribution in [0.1, 0.15) is 31.7 Å². The molecule has 1 aromatic heterocycles. The fraction of sp³-hybridized carbons (Fsp3) is 0.500. The summed E-state index contributed by atoms with van der Waals surface area (Å²) in [6.07, 6.45) is 3.09. The van der Waals surface area contributed by atoms with Crippen molar-refractivity contribution in [3.8, 4) is 5.75 Å². The predicted octanol–water partition coefficient (Wildman–Crippen LogP) is 3.32. The molecule has 1 heterocycles. The van der Waals surface area contributed by atoms with E-state index in [1.165, 1.54) is 13.2 Å². The van der Waals surface area contributed by atoms with Crippen LogP contribution in [0.5, 0.6) is 5.75 Å². The number of aromatic amines is 1. The lowest BCUT2D eigenvalue weighted by atomic mass is 9.93. The molecule has 4 nitrogen and oxygen atoms in total. The Morgan fingerprint density at radius 1 is 1.35 bits per heavy atom. The molecule has 108 valence electrons. The van der Waals surface area contributed by atoms with Crippen molar-refractivity contribution in [2.45, 2.75) is 37.8 Å². The highest BCUT2D eigenvalue weighted by Crippen LogP contribution is 2.33. The number of halogens is 1. The van der Waals surface area contributed by atoms with Crippen molar-refractivity contribution in [3.63, 3.8) is 0 Å². The van der Waals surface area contributed by atoms with E-state index in [2.05, 4.69) is 4.98 Å². The number of H-pyrrole nitrogens is 1. The first-order valence-electron chi connectivity index (χ1n) is 6.76. The van der Waals surface area contributed by atoms with Crippen LogP contribution in [0.4, 0.5) is 4.39 Å². The van der Waals surface area contributed by atoms with Gasteiger partial charge in [-0.15, -0.1) is 0 Å². The molecular formula is C14H17FN2O2S. The summed E-state index contributed by atoms with van der Waals surface area (Å²) in [5.41, 5.74) is 1.54. The zero-order valence-corrected chi connectivity index (χ0v) is 12.0. The minimum absolute atomic E-state index is 0.211. The van der Waals surface area contributed by atoms with Crippen molar-refractivity contribution in [1.29, 1.82) is 0 Å². The summed E-state index contributed by atoms with van der Waals surface area (Å²) in [5.74, 6) is -0.182. The normalized spacial score (nSPS) is 23.1. The standard InChI is InChI=1S/C14H17FN2O2S/c1-19-13-7-12-11(6-10(13)15)16-14(20)17(12)8-2-4-9(18)5-3-8/h6-9,18H,2-5H2,1H3,(H,16,20). The lowest BCUT2D eigenvalue weighted by molar-refractivity contribution is 0.111. The molecule has 0 saturated heterocycles. The van der Waals surface area contributed by atoms with E-state index in [0.717, 1.165) is 31.2 Å². The third-order valence-corrected chi connectivity index (χ3v) is 4.32. The first-order valence-corrected chi connectivity index (χ1v) is 7.17. The Morgan fingerprint density at radius 3 is 2.70 bits per heavy atom. The third kappa shape index (κ3) is 2.23. The number of rotatable bonds is 2. The molecule has 3 rings (SSSR count). The van der Waals surface area contributed by atoms with Gasteiger partial charge in [0.05, 0.1) is 24.2 Å². The molecule has 2 N–H and O–H groups in total. The first-order chi connectivity index (χ1) is 9.60. The van der Waals surface area contributed by atoms with E-state index in [-0.39, 0.29) is 17.9 Å². The Balaban J connectivity index is 2.10. The van der Waals surface area contributed by atoms with Crippen LogP contribution in [0.2, 0.25) is 0 Å². The monoisotopic (exact) mass is 296 g/mol. The smallest absolute Gasteiger partial charge is 0.178 e. The second-order valence-corrected chi connectivity index (χ2v) is 5.65. The van der Waals surface area contributed by atoms with Crippen LogP contribution in [-0.2, 0) is 0 Å². The molecule has 0 aliphatic heterocycles. The first kappa shape index (κ1) is 13.6. The van der Waals surface area contributed by atoms with Crippen molar-refractivity contribution < 1.29 is 14.2 Å². The summed E-state index contributed by atoms with van der Waals surface area (Å²) in [4.78, 5) is 3.05. The summed E-state index contributed by atoms with van der Waals surface area (Å²) in [7, 11) is 1.45. The average Bonchev–Trinajstić information content (AvgIpc) is 2.74. The van der Waals surface area contributed by atoms with Gasteiger partial charge in [0.2, 0.25) is 0 Å². The largest absolute Gasteiger partial charge is 0.494 e. The number of ether oxygens (including phenoxy) is 1. The number of hydrogen-bond acceptors (Lipinski definition) is 3. The van der Waals surface area contributed by atoms with E-state index in [9.17, 15) is 9.50 Å².